The van der Waals surface area contributed by atoms with Crippen LogP contribution in [-0.2, 0) is 23.9 Å². The molecule has 0 heterocycles. The van der Waals surface area contributed by atoms with Crippen molar-refractivity contribution in [3.05, 3.63) is 0 Å². The molecule has 0 spiro atoms. The number of amides is 1. The number of hydrogen-bond acceptors (Lipinski definition) is 8. The van der Waals surface area contributed by atoms with E-state index in [0.717, 1.165) is 103 Å². The molecule has 0 aromatic heterocycles. The minimum atomic E-state index is -0.131. The van der Waals surface area contributed by atoms with Gasteiger partial charge in [-0.25, -0.2) is 0 Å². The average Bonchev–Trinajstić information content (AvgIpc) is 3.29. The van der Waals surface area contributed by atoms with Crippen LogP contribution < -0.4 is 5.32 Å². The number of hydrogen-bond donors (Lipinski definition) is 2. The van der Waals surface area contributed by atoms with Crippen LogP contribution in [0.4, 0.5) is 0 Å². The van der Waals surface area contributed by atoms with Crippen molar-refractivity contribution in [2.45, 2.75) is 258 Å². The number of ether oxygens (including phenoxy) is 2. The Kier molecular flexibility index (Phi) is 41.6. The highest BCUT2D eigenvalue weighted by atomic mass is 16.5. The minimum Gasteiger partial charge on any atom is -0.465 e. The zero-order chi connectivity index (χ0) is 45.9. The summed E-state index contributed by atoms with van der Waals surface area (Å²) < 4.78 is 11.5. The normalized spacial score (nSPS) is 13.9. The zero-order valence-corrected chi connectivity index (χ0v) is 42.2. The standard InChI is InChI=1S/C54H105N3O6/c1-5-9-13-17-20-23-33-49(32-22-16-12-8-4)46-55-52(59)37-29-30-40-56(44-45-58)42-43-57(51-35-24-21-25-36-51)41-31-28-34-50(47-62-53(60)38-26-18-14-10-6-2)48-63-54(61)39-27-19-15-11-7-3/h49-51,58H,5-48H2,1-4H3,(H,55,59). The molecule has 9 heteroatoms. The zero-order valence-electron chi connectivity index (χ0n) is 42.2. The largest absolute Gasteiger partial charge is 0.465 e. The van der Waals surface area contributed by atoms with E-state index in [0.29, 0.717) is 51.0 Å². The predicted octanol–water partition coefficient (Wildman–Crippen LogP) is 13.1. The first-order valence-electron chi connectivity index (χ1n) is 27.5. The van der Waals surface area contributed by atoms with Gasteiger partial charge in [-0.15, -0.1) is 0 Å². The van der Waals surface area contributed by atoms with Crippen molar-refractivity contribution in [2.75, 3.05) is 59.1 Å². The molecule has 9 nitrogen and oxygen atoms in total. The molecule has 1 atom stereocenters. The van der Waals surface area contributed by atoms with Gasteiger partial charge in [0.2, 0.25) is 5.91 Å². The van der Waals surface area contributed by atoms with Crippen LogP contribution in [0.1, 0.15) is 252 Å². The Bertz CT molecular complexity index is 1010. The average molecular weight is 892 g/mol. The molecule has 0 bridgehead atoms. The van der Waals surface area contributed by atoms with Crippen molar-refractivity contribution in [2.24, 2.45) is 11.8 Å². The summed E-state index contributed by atoms with van der Waals surface area (Å²) in [6.07, 6.45) is 39.2. The van der Waals surface area contributed by atoms with Crippen molar-refractivity contribution < 1.29 is 29.0 Å². The lowest BCUT2D eigenvalue weighted by atomic mass is 9.93. The third kappa shape index (κ3) is 36.1. The number of unbranched alkanes of at least 4 members (excludes halogenated alkanes) is 18. The summed E-state index contributed by atoms with van der Waals surface area (Å²) in [6, 6.07) is 0.599. The summed E-state index contributed by atoms with van der Waals surface area (Å²) in [5.41, 5.74) is 0. The molecule has 1 aliphatic rings. The molecule has 0 aromatic rings. The predicted molar refractivity (Wildman–Crippen MR) is 265 cm³/mol. The number of esters is 2. The Morgan fingerprint density at radius 2 is 0.968 bits per heavy atom. The first kappa shape index (κ1) is 59.3. The molecule has 2 N–H and O–H groups in total. The number of nitrogens with zero attached hydrogens (tertiary/aromatic N) is 2. The molecule has 1 aliphatic carbocycles. The maximum Gasteiger partial charge on any atom is 0.305 e. The highest BCUT2D eigenvalue weighted by Crippen LogP contribution is 2.24. The van der Waals surface area contributed by atoms with Crippen LogP contribution in [0.5, 0.6) is 0 Å². The van der Waals surface area contributed by atoms with E-state index >= 15 is 0 Å². The van der Waals surface area contributed by atoms with E-state index in [1.807, 2.05) is 0 Å². The molecule has 0 saturated heterocycles. The molecule has 1 amide bonds. The Balaban J connectivity index is 2.63. The van der Waals surface area contributed by atoms with Crippen LogP contribution in [0.25, 0.3) is 0 Å². The summed E-state index contributed by atoms with van der Waals surface area (Å²) in [5.74, 6) is 0.556. The van der Waals surface area contributed by atoms with Gasteiger partial charge in [-0.1, -0.05) is 169 Å². The second-order valence-corrected chi connectivity index (χ2v) is 19.5. The molecule has 1 rings (SSSR count). The molecular formula is C54H105N3O6. The van der Waals surface area contributed by atoms with E-state index in [1.54, 1.807) is 0 Å². The molecule has 372 valence electrons. The molecule has 1 saturated carbocycles. The van der Waals surface area contributed by atoms with Gasteiger partial charge in [0.1, 0.15) is 0 Å². The smallest absolute Gasteiger partial charge is 0.305 e. The van der Waals surface area contributed by atoms with E-state index in [2.05, 4.69) is 42.8 Å². The van der Waals surface area contributed by atoms with Gasteiger partial charge in [0.05, 0.1) is 19.8 Å². The molecule has 0 aromatic carbocycles. The number of carbonyl (C=O) groups is 3. The number of aliphatic hydroxyl groups excluding tert-OH is 1. The second kappa shape index (κ2) is 44.1. The Morgan fingerprint density at radius 3 is 1.52 bits per heavy atom. The van der Waals surface area contributed by atoms with Gasteiger partial charge in [0.15, 0.2) is 0 Å². The van der Waals surface area contributed by atoms with Crippen molar-refractivity contribution in [1.82, 2.24) is 15.1 Å². The first-order valence-corrected chi connectivity index (χ1v) is 27.5. The fourth-order valence-corrected chi connectivity index (χ4v) is 9.33. The minimum absolute atomic E-state index is 0.0189. The van der Waals surface area contributed by atoms with Gasteiger partial charge in [0.25, 0.3) is 0 Å². The highest BCUT2D eigenvalue weighted by molar-refractivity contribution is 5.75. The Labute approximate surface area is 390 Å². The molecule has 1 unspecified atom stereocenters. The van der Waals surface area contributed by atoms with Gasteiger partial charge >= 0.3 is 11.9 Å². The van der Waals surface area contributed by atoms with Crippen molar-refractivity contribution >= 4 is 17.8 Å². The van der Waals surface area contributed by atoms with Gasteiger partial charge in [-0.05, 0) is 83.2 Å². The lowest BCUT2D eigenvalue weighted by Gasteiger charge is -2.36. The molecule has 1 fully saturated rings. The van der Waals surface area contributed by atoms with Gasteiger partial charge in [-0.3, -0.25) is 24.2 Å². The van der Waals surface area contributed by atoms with Crippen LogP contribution in [-0.4, -0.2) is 97.9 Å². The van der Waals surface area contributed by atoms with E-state index in [4.69, 9.17) is 9.47 Å². The third-order valence-corrected chi connectivity index (χ3v) is 13.6. The fraction of sp³-hybridized carbons (Fsp3) is 0.944. The SMILES string of the molecule is CCCCCCCCC(CCCCCC)CNC(=O)CCCCN(CCO)CCN(CCCCC(COC(=O)CCCCCCC)COC(=O)CCCCCCC)C1CCCCC1. The Hall–Kier alpha value is -1.71. The summed E-state index contributed by atoms with van der Waals surface area (Å²) in [5, 5.41) is 13.3. The molecular weight excluding hydrogens is 787 g/mol. The monoisotopic (exact) mass is 892 g/mol. The van der Waals surface area contributed by atoms with Gasteiger partial charge in [-0.2, -0.15) is 0 Å². The van der Waals surface area contributed by atoms with Crippen molar-refractivity contribution in [1.29, 1.82) is 0 Å². The van der Waals surface area contributed by atoms with Crippen molar-refractivity contribution in [3.63, 3.8) is 0 Å². The number of rotatable bonds is 46. The van der Waals surface area contributed by atoms with E-state index in [1.165, 1.54) is 135 Å². The molecule has 0 aliphatic heterocycles. The van der Waals surface area contributed by atoms with Crippen molar-refractivity contribution in [3.8, 4) is 0 Å². The lowest BCUT2D eigenvalue weighted by molar-refractivity contribution is -0.149. The summed E-state index contributed by atoms with van der Waals surface area (Å²) in [7, 11) is 0. The summed E-state index contributed by atoms with van der Waals surface area (Å²) in [4.78, 5) is 43.3. The van der Waals surface area contributed by atoms with Gasteiger partial charge < -0.3 is 19.9 Å². The molecule has 0 radical (unpaired) electrons. The highest BCUT2D eigenvalue weighted by Gasteiger charge is 2.22. The lowest BCUT2D eigenvalue weighted by Crippen LogP contribution is -2.43. The van der Waals surface area contributed by atoms with E-state index < -0.39 is 0 Å². The van der Waals surface area contributed by atoms with E-state index in [-0.39, 0.29) is 30.4 Å². The van der Waals surface area contributed by atoms with Crippen LogP contribution >= 0.6 is 0 Å². The fourth-order valence-electron chi connectivity index (χ4n) is 9.33. The number of carbonyl (C=O) groups excluding carboxylic acids is 3. The quantitative estimate of drug-likeness (QED) is 0.0459. The van der Waals surface area contributed by atoms with Crippen LogP contribution in [0, 0.1) is 11.8 Å². The second-order valence-electron chi connectivity index (χ2n) is 19.5. The van der Waals surface area contributed by atoms with E-state index in [9.17, 15) is 19.5 Å². The number of nitrogens with one attached hydrogen (secondary N) is 1. The maximum absolute atomic E-state index is 13.0. The first-order chi connectivity index (χ1) is 30.9. The molecule has 63 heavy (non-hydrogen) atoms. The Morgan fingerprint density at radius 1 is 0.508 bits per heavy atom. The summed E-state index contributed by atoms with van der Waals surface area (Å²) >= 11 is 0. The van der Waals surface area contributed by atoms with Crippen LogP contribution in [0.2, 0.25) is 0 Å². The topological polar surface area (TPSA) is 108 Å². The van der Waals surface area contributed by atoms with Crippen LogP contribution in [0.15, 0.2) is 0 Å². The maximum atomic E-state index is 13.0. The third-order valence-electron chi connectivity index (χ3n) is 13.6. The van der Waals surface area contributed by atoms with Gasteiger partial charge in [0, 0.05) is 57.4 Å². The van der Waals surface area contributed by atoms with Crippen LogP contribution in [0.3, 0.4) is 0 Å². The summed E-state index contributed by atoms with van der Waals surface area (Å²) in [6.45, 7) is 15.1. The number of aliphatic hydroxyl groups is 1.